The Morgan fingerprint density at radius 1 is 1.00 bits per heavy atom. The summed E-state index contributed by atoms with van der Waals surface area (Å²) in [5.74, 6) is 0.568. The van der Waals surface area contributed by atoms with Crippen molar-refractivity contribution >= 4 is 38.7 Å². The minimum absolute atomic E-state index is 0.132. The van der Waals surface area contributed by atoms with Crippen molar-refractivity contribution in [1.82, 2.24) is 18.7 Å². The lowest BCUT2D eigenvalue weighted by molar-refractivity contribution is 0.427. The van der Waals surface area contributed by atoms with Gasteiger partial charge in [-0.25, -0.2) is 4.79 Å². The number of hydrogen-bond donors (Lipinski definition) is 0. The zero-order valence-corrected chi connectivity index (χ0v) is 17.9. The van der Waals surface area contributed by atoms with Crippen LogP contribution in [-0.2, 0) is 20.6 Å². The molecule has 7 nitrogen and oxygen atoms in total. The van der Waals surface area contributed by atoms with E-state index in [0.717, 1.165) is 10.0 Å². The Labute approximate surface area is 178 Å². The van der Waals surface area contributed by atoms with Gasteiger partial charge < -0.3 is 4.74 Å². The van der Waals surface area contributed by atoms with Gasteiger partial charge in [-0.3, -0.25) is 18.5 Å². The Hall–Kier alpha value is -2.84. The predicted octanol–water partition coefficient (Wildman–Crippen LogP) is 3.69. The van der Waals surface area contributed by atoms with Crippen LogP contribution >= 0.6 is 27.5 Å². The van der Waals surface area contributed by atoms with Gasteiger partial charge in [0.25, 0.3) is 5.56 Å². The molecule has 9 heteroatoms. The lowest BCUT2D eigenvalue weighted by atomic mass is 10.2. The molecule has 2 aromatic carbocycles. The summed E-state index contributed by atoms with van der Waals surface area (Å²) < 4.78 is 10.8. The quantitative estimate of drug-likeness (QED) is 0.451. The molecule has 2 heterocycles. The van der Waals surface area contributed by atoms with Gasteiger partial charge >= 0.3 is 11.7 Å². The number of imidazole rings is 1. The van der Waals surface area contributed by atoms with Gasteiger partial charge in [0.05, 0.1) is 6.54 Å². The Bertz CT molecular complexity index is 1320. The van der Waals surface area contributed by atoms with Gasteiger partial charge in [-0.2, -0.15) is 4.98 Å². The van der Waals surface area contributed by atoms with Crippen molar-refractivity contribution in [2.24, 2.45) is 14.1 Å². The van der Waals surface area contributed by atoms with Gasteiger partial charge in [-0.1, -0.05) is 39.7 Å². The molecular weight excluding hydrogens is 460 g/mol. The molecule has 0 aliphatic carbocycles. The first-order valence-electron chi connectivity index (χ1n) is 8.69. The molecule has 2 aromatic heterocycles. The Kier molecular flexibility index (Phi) is 5.06. The molecule has 0 fully saturated rings. The molecule has 0 unspecified atom stereocenters. The molecule has 0 saturated heterocycles. The Balaban J connectivity index is 1.82. The lowest BCUT2D eigenvalue weighted by Gasteiger charge is -2.09. The highest BCUT2D eigenvalue weighted by Gasteiger charge is 2.19. The maximum absolute atomic E-state index is 13.1. The van der Waals surface area contributed by atoms with Crippen LogP contribution in [0.25, 0.3) is 11.2 Å². The van der Waals surface area contributed by atoms with Crippen molar-refractivity contribution in [3.8, 4) is 11.8 Å². The van der Waals surface area contributed by atoms with Crippen LogP contribution in [0.5, 0.6) is 11.8 Å². The fourth-order valence-corrected chi connectivity index (χ4v) is 3.42. The number of halogens is 2. The number of rotatable bonds is 4. The van der Waals surface area contributed by atoms with Gasteiger partial charge in [0.15, 0.2) is 11.2 Å². The standard InChI is InChI=1S/C20H16BrClN4O3/c1-24-16-17(23-19(24)29-15-9-5-13(21)6-10-15)25(2)20(28)26(18(16)27)11-12-3-7-14(22)8-4-12/h3-10H,11H2,1-2H3. The van der Waals surface area contributed by atoms with E-state index in [9.17, 15) is 9.59 Å². The molecule has 0 bridgehead atoms. The molecule has 0 N–H and O–H groups in total. The molecule has 4 rings (SSSR count). The third-order valence-electron chi connectivity index (χ3n) is 4.60. The molecular formula is C20H16BrClN4O3. The molecule has 29 heavy (non-hydrogen) atoms. The second-order valence-corrected chi connectivity index (χ2v) is 7.89. The number of hydrogen-bond acceptors (Lipinski definition) is 4. The molecule has 0 aliphatic heterocycles. The lowest BCUT2D eigenvalue weighted by Crippen LogP contribution is -2.39. The molecule has 4 aromatic rings. The number of aryl methyl sites for hydroxylation is 2. The molecule has 0 spiro atoms. The van der Waals surface area contributed by atoms with Crippen molar-refractivity contribution in [2.45, 2.75) is 6.54 Å². The summed E-state index contributed by atoms with van der Waals surface area (Å²) in [6.45, 7) is 0.132. The Morgan fingerprint density at radius 2 is 1.66 bits per heavy atom. The number of ether oxygens (including phenoxy) is 1. The average molecular weight is 476 g/mol. The summed E-state index contributed by atoms with van der Waals surface area (Å²) in [5, 5.41) is 0.589. The van der Waals surface area contributed by atoms with Crippen LogP contribution in [0.15, 0.2) is 62.6 Å². The third-order valence-corrected chi connectivity index (χ3v) is 5.38. The summed E-state index contributed by atoms with van der Waals surface area (Å²) in [4.78, 5) is 30.3. The van der Waals surface area contributed by atoms with E-state index >= 15 is 0 Å². The topological polar surface area (TPSA) is 71.1 Å². The maximum Gasteiger partial charge on any atom is 0.332 e. The molecule has 0 amide bonds. The highest BCUT2D eigenvalue weighted by Crippen LogP contribution is 2.24. The van der Waals surface area contributed by atoms with Gasteiger partial charge in [0.1, 0.15) is 5.75 Å². The monoisotopic (exact) mass is 474 g/mol. The van der Waals surface area contributed by atoms with Crippen molar-refractivity contribution in [1.29, 1.82) is 0 Å². The van der Waals surface area contributed by atoms with Crippen LogP contribution in [-0.4, -0.2) is 18.7 Å². The smallest absolute Gasteiger partial charge is 0.332 e. The van der Waals surface area contributed by atoms with E-state index in [4.69, 9.17) is 16.3 Å². The summed E-state index contributed by atoms with van der Waals surface area (Å²) in [6.07, 6.45) is 0. The molecule has 0 aliphatic rings. The number of aromatic nitrogens is 4. The van der Waals surface area contributed by atoms with Crippen LogP contribution in [0.1, 0.15) is 5.56 Å². The summed E-state index contributed by atoms with van der Waals surface area (Å²) in [5.41, 5.74) is 0.459. The van der Waals surface area contributed by atoms with Crippen LogP contribution in [0, 0.1) is 0 Å². The van der Waals surface area contributed by atoms with Crippen molar-refractivity contribution in [2.75, 3.05) is 0 Å². The van der Waals surface area contributed by atoms with Crippen LogP contribution in [0.2, 0.25) is 5.02 Å². The zero-order valence-electron chi connectivity index (χ0n) is 15.6. The second-order valence-electron chi connectivity index (χ2n) is 6.54. The van der Waals surface area contributed by atoms with Gasteiger partial charge in [-0.15, -0.1) is 0 Å². The number of nitrogens with zero attached hydrogens (tertiary/aromatic N) is 4. The van der Waals surface area contributed by atoms with E-state index in [1.165, 1.54) is 9.13 Å². The van der Waals surface area contributed by atoms with E-state index in [0.29, 0.717) is 10.8 Å². The minimum atomic E-state index is -0.453. The van der Waals surface area contributed by atoms with Gasteiger partial charge in [0, 0.05) is 23.6 Å². The first kappa shape index (κ1) is 19.5. The highest BCUT2D eigenvalue weighted by atomic mass is 79.9. The van der Waals surface area contributed by atoms with E-state index in [1.807, 2.05) is 12.1 Å². The molecule has 148 valence electrons. The zero-order chi connectivity index (χ0) is 20.7. The summed E-state index contributed by atoms with van der Waals surface area (Å²) in [6, 6.07) is 14.5. The SMILES string of the molecule is Cn1c(Oc2ccc(Br)cc2)nc2c1c(=O)n(Cc1ccc(Cl)cc1)c(=O)n2C. The van der Waals surface area contributed by atoms with E-state index < -0.39 is 11.2 Å². The summed E-state index contributed by atoms with van der Waals surface area (Å²) in [7, 11) is 3.26. The number of benzene rings is 2. The van der Waals surface area contributed by atoms with Crippen molar-refractivity contribution in [3.05, 3.63) is 84.4 Å². The summed E-state index contributed by atoms with van der Waals surface area (Å²) >= 11 is 9.29. The predicted molar refractivity (Wildman–Crippen MR) is 115 cm³/mol. The minimum Gasteiger partial charge on any atom is -0.425 e. The first-order valence-corrected chi connectivity index (χ1v) is 9.86. The van der Waals surface area contributed by atoms with E-state index in [1.54, 1.807) is 55.1 Å². The van der Waals surface area contributed by atoms with E-state index in [2.05, 4.69) is 20.9 Å². The van der Waals surface area contributed by atoms with Gasteiger partial charge in [-0.05, 0) is 42.0 Å². The molecule has 0 atom stereocenters. The average Bonchev–Trinajstić information content (AvgIpc) is 3.03. The largest absolute Gasteiger partial charge is 0.425 e. The van der Waals surface area contributed by atoms with Crippen LogP contribution < -0.4 is 16.0 Å². The van der Waals surface area contributed by atoms with E-state index in [-0.39, 0.29) is 23.7 Å². The van der Waals surface area contributed by atoms with Crippen LogP contribution in [0.4, 0.5) is 0 Å². The second kappa shape index (κ2) is 7.53. The maximum atomic E-state index is 13.1. The normalized spacial score (nSPS) is 11.2. The number of fused-ring (bicyclic) bond motifs is 1. The fraction of sp³-hybridized carbons (Fsp3) is 0.150. The highest BCUT2D eigenvalue weighted by molar-refractivity contribution is 9.10. The Morgan fingerprint density at radius 3 is 2.31 bits per heavy atom. The third kappa shape index (κ3) is 3.61. The van der Waals surface area contributed by atoms with Crippen LogP contribution in [0.3, 0.4) is 0 Å². The molecule has 0 radical (unpaired) electrons. The first-order chi connectivity index (χ1) is 13.8. The van der Waals surface area contributed by atoms with Crippen molar-refractivity contribution < 1.29 is 4.74 Å². The van der Waals surface area contributed by atoms with Gasteiger partial charge in [0.2, 0.25) is 0 Å². The fourth-order valence-electron chi connectivity index (χ4n) is 3.03. The molecule has 0 saturated carbocycles. The van der Waals surface area contributed by atoms with Crippen molar-refractivity contribution in [3.63, 3.8) is 0 Å².